The Morgan fingerprint density at radius 2 is 1.72 bits per heavy atom. The first-order valence-corrected chi connectivity index (χ1v) is 11.6. The van der Waals surface area contributed by atoms with Gasteiger partial charge in [0.25, 0.3) is 0 Å². The number of hydrogen-bond donors (Lipinski definition) is 1. The summed E-state index contributed by atoms with van der Waals surface area (Å²) < 4.78 is 15.0. The molecule has 0 aliphatic carbocycles. The van der Waals surface area contributed by atoms with Gasteiger partial charge in [0, 0.05) is 15.3 Å². The van der Waals surface area contributed by atoms with E-state index in [0.29, 0.717) is 9.64 Å². The number of halogens is 2. The van der Waals surface area contributed by atoms with Crippen molar-refractivity contribution >= 4 is 68.7 Å². The van der Waals surface area contributed by atoms with E-state index in [1.54, 1.807) is 36.4 Å². The third-order valence-corrected chi connectivity index (χ3v) is 8.42. The molecule has 3 aromatic rings. The first-order chi connectivity index (χ1) is 13.9. The smallest absolute Gasteiger partial charge is 0.248 e. The first kappa shape index (κ1) is 19.2. The van der Waals surface area contributed by atoms with Gasteiger partial charge in [0.05, 0.1) is 16.6 Å². The molecule has 0 bridgehead atoms. The molecule has 5 rings (SSSR count). The number of aromatic amines is 1. The van der Waals surface area contributed by atoms with E-state index in [2.05, 4.69) is 20.9 Å². The highest BCUT2D eigenvalue weighted by atomic mass is 79.9. The minimum Gasteiger partial charge on any atom is -0.332 e. The Balaban J connectivity index is 1.64. The van der Waals surface area contributed by atoms with Gasteiger partial charge >= 0.3 is 0 Å². The number of H-pyrrole nitrogens is 1. The van der Waals surface area contributed by atoms with Gasteiger partial charge in [-0.15, -0.1) is 11.3 Å². The summed E-state index contributed by atoms with van der Waals surface area (Å²) in [5.74, 6) is -1.75. The van der Waals surface area contributed by atoms with Crippen LogP contribution in [0.5, 0.6) is 0 Å². The van der Waals surface area contributed by atoms with Crippen LogP contribution in [0.25, 0.3) is 0 Å². The molecule has 3 atom stereocenters. The number of nitrogens with one attached hydrogen (secondary N) is 1. The number of carbonyl (C=O) groups is 2. The van der Waals surface area contributed by atoms with Crippen LogP contribution in [0.15, 0.2) is 58.0 Å². The van der Waals surface area contributed by atoms with Crippen LogP contribution in [0.4, 0.5) is 10.1 Å². The molecular formula is C20H12BrFN2O2S3. The van der Waals surface area contributed by atoms with Gasteiger partial charge in [-0.2, -0.15) is 0 Å². The molecule has 1 aromatic heterocycles. The summed E-state index contributed by atoms with van der Waals surface area (Å²) in [5.41, 5.74) is 1.35. The van der Waals surface area contributed by atoms with Crippen molar-refractivity contribution in [3.8, 4) is 0 Å². The maximum Gasteiger partial charge on any atom is 0.248 e. The maximum atomic E-state index is 13.5. The molecule has 2 aliphatic rings. The minimum absolute atomic E-state index is 0.240. The molecule has 1 N–H and O–H groups in total. The Labute approximate surface area is 187 Å². The quantitative estimate of drug-likeness (QED) is 0.368. The van der Waals surface area contributed by atoms with Crippen LogP contribution in [0.2, 0.25) is 0 Å². The van der Waals surface area contributed by atoms with Crippen molar-refractivity contribution in [2.45, 2.75) is 16.2 Å². The average molecular weight is 507 g/mol. The number of carbonyl (C=O) groups excluding carboxylic acids is 2. The number of benzene rings is 2. The highest BCUT2D eigenvalue weighted by Gasteiger charge is 2.56. The normalized spacial score (nSPS) is 23.2. The van der Waals surface area contributed by atoms with Crippen molar-refractivity contribution in [3.05, 3.63) is 73.2 Å². The number of hydrogen-bond acceptors (Lipinski definition) is 5. The summed E-state index contributed by atoms with van der Waals surface area (Å²) in [6, 6.07) is 13.2. The number of aromatic nitrogens is 1. The van der Waals surface area contributed by atoms with E-state index < -0.39 is 11.2 Å². The van der Waals surface area contributed by atoms with Crippen LogP contribution in [-0.2, 0) is 9.59 Å². The second kappa shape index (κ2) is 7.16. The van der Waals surface area contributed by atoms with Crippen molar-refractivity contribution in [3.63, 3.8) is 0 Å². The van der Waals surface area contributed by atoms with Crippen molar-refractivity contribution in [1.29, 1.82) is 0 Å². The maximum absolute atomic E-state index is 13.5. The van der Waals surface area contributed by atoms with Crippen LogP contribution in [0.1, 0.15) is 16.4 Å². The standard InChI is InChI=1S/C20H12BrFN2O2S3/c21-10-3-7-12(8-4-10)24-18(25)14-13(9-1-5-11(22)6-2-9)15-17(23-20(27)29-15)28-16(14)19(24)26/h1-8,13-14,16H,(H,23,27). The van der Waals surface area contributed by atoms with E-state index in [1.165, 1.54) is 40.1 Å². The van der Waals surface area contributed by atoms with E-state index >= 15 is 0 Å². The monoisotopic (exact) mass is 506 g/mol. The molecule has 3 heterocycles. The lowest BCUT2D eigenvalue weighted by atomic mass is 9.83. The van der Waals surface area contributed by atoms with Gasteiger partial charge in [0.1, 0.15) is 11.1 Å². The summed E-state index contributed by atoms with van der Waals surface area (Å²) in [4.78, 5) is 32.1. The third kappa shape index (κ3) is 3.11. The fraction of sp³-hybridized carbons (Fsp3) is 0.150. The first-order valence-electron chi connectivity index (χ1n) is 8.72. The largest absolute Gasteiger partial charge is 0.332 e. The molecule has 2 amide bonds. The lowest BCUT2D eigenvalue weighted by Crippen LogP contribution is -2.32. The molecular weight excluding hydrogens is 495 g/mol. The molecule has 1 saturated heterocycles. The van der Waals surface area contributed by atoms with Gasteiger partial charge in [-0.3, -0.25) is 9.59 Å². The molecule has 0 radical (unpaired) electrons. The van der Waals surface area contributed by atoms with Crippen LogP contribution >= 0.6 is 51.2 Å². The molecule has 0 saturated carbocycles. The van der Waals surface area contributed by atoms with E-state index in [0.717, 1.165) is 19.9 Å². The molecule has 2 aromatic carbocycles. The number of nitrogens with zero attached hydrogens (tertiary/aromatic N) is 1. The number of imide groups is 1. The third-order valence-electron chi connectivity index (χ3n) is 5.14. The highest BCUT2D eigenvalue weighted by molar-refractivity contribution is 9.10. The molecule has 4 nitrogen and oxygen atoms in total. The van der Waals surface area contributed by atoms with Crippen LogP contribution < -0.4 is 4.90 Å². The summed E-state index contributed by atoms with van der Waals surface area (Å²) >= 11 is 11.4. The zero-order chi connectivity index (χ0) is 20.3. The van der Waals surface area contributed by atoms with Gasteiger partial charge in [0.2, 0.25) is 11.8 Å². The fourth-order valence-electron chi connectivity index (χ4n) is 3.89. The fourth-order valence-corrected chi connectivity index (χ4v) is 7.12. The zero-order valence-electron chi connectivity index (χ0n) is 14.6. The predicted molar refractivity (Wildman–Crippen MR) is 118 cm³/mol. The highest BCUT2D eigenvalue weighted by Crippen LogP contribution is 2.53. The van der Waals surface area contributed by atoms with Crippen LogP contribution in [0.3, 0.4) is 0 Å². The lowest BCUT2D eigenvalue weighted by Gasteiger charge is -2.29. The Kier molecular flexibility index (Phi) is 4.73. The van der Waals surface area contributed by atoms with Gasteiger partial charge in [-0.1, -0.05) is 39.8 Å². The van der Waals surface area contributed by atoms with E-state index in [1.807, 2.05) is 0 Å². The van der Waals surface area contributed by atoms with Gasteiger partial charge < -0.3 is 4.98 Å². The number of amides is 2. The van der Waals surface area contributed by atoms with E-state index in [-0.39, 0.29) is 23.5 Å². The van der Waals surface area contributed by atoms with Crippen molar-refractivity contribution in [2.24, 2.45) is 5.92 Å². The Bertz CT molecular complexity index is 1190. The summed E-state index contributed by atoms with van der Waals surface area (Å²) in [6.07, 6.45) is 0. The van der Waals surface area contributed by atoms with Crippen molar-refractivity contribution in [1.82, 2.24) is 4.98 Å². The molecule has 29 heavy (non-hydrogen) atoms. The van der Waals surface area contributed by atoms with Gasteiger partial charge in [-0.05, 0) is 54.2 Å². The second-order valence-corrected chi connectivity index (χ2v) is 10.6. The SMILES string of the molecule is O=C1C2Sc3[nH]c(=S)sc3C(c3ccc(F)cc3)C2C(=O)N1c1ccc(Br)cc1. The summed E-state index contributed by atoms with van der Waals surface area (Å²) in [6.45, 7) is 0. The molecule has 0 spiro atoms. The molecule has 1 fully saturated rings. The molecule has 2 aliphatic heterocycles. The summed E-state index contributed by atoms with van der Waals surface area (Å²) in [5, 5.41) is 0.253. The van der Waals surface area contributed by atoms with Crippen LogP contribution in [0, 0.1) is 15.7 Å². The average Bonchev–Trinajstić information content (AvgIpc) is 3.19. The lowest BCUT2D eigenvalue weighted by molar-refractivity contribution is -0.122. The van der Waals surface area contributed by atoms with Crippen LogP contribution in [-0.4, -0.2) is 22.0 Å². The molecule has 146 valence electrons. The van der Waals surface area contributed by atoms with Gasteiger partial charge in [0.15, 0.2) is 3.95 Å². The minimum atomic E-state index is -0.574. The van der Waals surface area contributed by atoms with E-state index in [4.69, 9.17) is 12.2 Å². The van der Waals surface area contributed by atoms with Gasteiger partial charge in [-0.25, -0.2) is 9.29 Å². The predicted octanol–water partition coefficient (Wildman–Crippen LogP) is 5.50. The molecule has 3 unspecified atom stereocenters. The Morgan fingerprint density at radius 1 is 1.03 bits per heavy atom. The number of thioether (sulfide) groups is 1. The Hall–Kier alpha value is -1.81. The Morgan fingerprint density at radius 3 is 2.41 bits per heavy atom. The van der Waals surface area contributed by atoms with E-state index in [9.17, 15) is 14.0 Å². The second-order valence-electron chi connectivity index (χ2n) is 6.79. The number of anilines is 1. The number of fused-ring (bicyclic) bond motifs is 2. The molecule has 9 heteroatoms. The topological polar surface area (TPSA) is 53.2 Å². The zero-order valence-corrected chi connectivity index (χ0v) is 18.6. The van der Waals surface area contributed by atoms with Crippen molar-refractivity contribution in [2.75, 3.05) is 4.90 Å². The number of rotatable bonds is 2. The summed E-state index contributed by atoms with van der Waals surface area (Å²) in [7, 11) is 0. The van der Waals surface area contributed by atoms with Crippen molar-refractivity contribution < 1.29 is 14.0 Å². The number of thiazole rings is 1.